The lowest BCUT2D eigenvalue weighted by atomic mass is 10.3. The molecule has 1 aromatic heterocycles. The number of piperazine rings is 1. The number of benzene rings is 1. The summed E-state index contributed by atoms with van der Waals surface area (Å²) in [6.07, 6.45) is 0.832. The third kappa shape index (κ3) is 7.54. The van der Waals surface area contributed by atoms with Gasteiger partial charge in [0.05, 0.1) is 20.3 Å². The van der Waals surface area contributed by atoms with Crippen LogP contribution in [-0.4, -0.2) is 85.6 Å². The van der Waals surface area contributed by atoms with Crippen molar-refractivity contribution in [2.75, 3.05) is 65.4 Å². The fourth-order valence-corrected chi connectivity index (χ4v) is 4.26. The second kappa shape index (κ2) is 12.1. The summed E-state index contributed by atoms with van der Waals surface area (Å²) in [7, 11) is 3.31. The molecule has 2 aromatic rings. The summed E-state index contributed by atoms with van der Waals surface area (Å²) >= 11 is 6.95. The lowest BCUT2D eigenvalue weighted by Crippen LogP contribution is -2.49. The molecule has 0 atom stereocenters. The molecule has 11 heteroatoms. The number of methoxy groups -OCH3 is 2. The van der Waals surface area contributed by atoms with Crippen molar-refractivity contribution < 1.29 is 14.3 Å². The van der Waals surface area contributed by atoms with E-state index in [1.165, 1.54) is 11.3 Å². The van der Waals surface area contributed by atoms with Crippen molar-refractivity contribution in [3.63, 3.8) is 0 Å². The number of hydrogen-bond acceptors (Lipinski definition) is 9. The van der Waals surface area contributed by atoms with Crippen LogP contribution in [0.5, 0.6) is 5.75 Å². The van der Waals surface area contributed by atoms with E-state index in [4.69, 9.17) is 21.7 Å². The van der Waals surface area contributed by atoms with Crippen LogP contribution in [0.2, 0.25) is 0 Å². The van der Waals surface area contributed by atoms with Gasteiger partial charge in [0.1, 0.15) is 5.75 Å². The number of carbonyl (C=O) groups is 1. The third-order valence-electron chi connectivity index (χ3n) is 4.94. The quantitative estimate of drug-likeness (QED) is 0.385. The molecule has 9 nitrogen and oxygen atoms in total. The molecule has 3 rings (SSSR count). The van der Waals surface area contributed by atoms with Crippen LogP contribution < -0.4 is 15.4 Å². The van der Waals surface area contributed by atoms with Gasteiger partial charge in [-0.25, -0.2) is 4.68 Å². The van der Waals surface area contributed by atoms with Crippen LogP contribution >= 0.6 is 23.6 Å². The summed E-state index contributed by atoms with van der Waals surface area (Å²) in [4.78, 5) is 16.5. The van der Waals surface area contributed by atoms with Crippen LogP contribution in [0, 0.1) is 3.95 Å². The normalized spacial score (nSPS) is 15.0. The molecule has 170 valence electrons. The fraction of sp³-hybridized carbons (Fsp3) is 0.550. The highest BCUT2D eigenvalue weighted by Gasteiger charge is 2.19. The minimum absolute atomic E-state index is 0.0690. The number of nitrogens with one attached hydrogen (secondary N) is 2. The Labute approximate surface area is 191 Å². The Morgan fingerprint density at radius 3 is 2.74 bits per heavy atom. The number of carbonyl (C=O) groups excluding carboxylic acids is 1. The van der Waals surface area contributed by atoms with Crippen molar-refractivity contribution in [2.24, 2.45) is 0 Å². The highest BCUT2D eigenvalue weighted by Crippen LogP contribution is 2.23. The lowest BCUT2D eigenvalue weighted by Gasteiger charge is -2.33. The molecular weight excluding hydrogens is 436 g/mol. The molecule has 1 aliphatic heterocycles. The monoisotopic (exact) mass is 466 g/mol. The highest BCUT2D eigenvalue weighted by molar-refractivity contribution is 7.73. The molecule has 0 saturated carbocycles. The topological polar surface area (TPSA) is 83.9 Å². The molecule has 1 fully saturated rings. The number of rotatable bonds is 11. The predicted octanol–water partition coefficient (Wildman–Crippen LogP) is 2.15. The molecule has 1 aromatic carbocycles. The van der Waals surface area contributed by atoms with Gasteiger partial charge in [-0.3, -0.25) is 14.6 Å². The van der Waals surface area contributed by atoms with E-state index in [-0.39, 0.29) is 5.91 Å². The van der Waals surface area contributed by atoms with Gasteiger partial charge in [0.25, 0.3) is 0 Å². The molecule has 1 saturated heterocycles. The minimum atomic E-state index is 0.0690. The number of amides is 1. The van der Waals surface area contributed by atoms with Gasteiger partial charge in [-0.05, 0) is 30.8 Å². The van der Waals surface area contributed by atoms with Crippen LogP contribution in [-0.2, 0) is 16.2 Å². The first-order chi connectivity index (χ1) is 15.1. The fourth-order valence-electron chi connectivity index (χ4n) is 3.25. The zero-order chi connectivity index (χ0) is 22.1. The molecule has 0 radical (unpaired) electrons. The molecule has 2 N–H and O–H groups in total. The largest absolute Gasteiger partial charge is 0.497 e. The molecule has 0 spiro atoms. The Hall–Kier alpha value is -2.05. The minimum Gasteiger partial charge on any atom is -0.497 e. The number of hydrogen-bond donors (Lipinski definition) is 2. The van der Waals surface area contributed by atoms with Gasteiger partial charge in [-0.1, -0.05) is 17.4 Å². The van der Waals surface area contributed by atoms with Gasteiger partial charge < -0.3 is 20.1 Å². The van der Waals surface area contributed by atoms with E-state index in [0.29, 0.717) is 26.4 Å². The van der Waals surface area contributed by atoms with Crippen molar-refractivity contribution >= 4 is 40.3 Å². The summed E-state index contributed by atoms with van der Waals surface area (Å²) in [6, 6.07) is 7.71. The van der Waals surface area contributed by atoms with Crippen molar-refractivity contribution in [2.45, 2.75) is 13.1 Å². The molecule has 0 bridgehead atoms. The summed E-state index contributed by atoms with van der Waals surface area (Å²) in [5, 5.41) is 11.6. The summed E-state index contributed by atoms with van der Waals surface area (Å²) in [5.41, 5.74) is 0.907. The van der Waals surface area contributed by atoms with E-state index < -0.39 is 0 Å². The Bertz CT molecular complexity index is 895. The Morgan fingerprint density at radius 1 is 1.23 bits per heavy atom. The zero-order valence-corrected chi connectivity index (χ0v) is 19.6. The second-order valence-corrected chi connectivity index (χ2v) is 8.88. The van der Waals surface area contributed by atoms with E-state index in [0.717, 1.165) is 53.1 Å². The maximum absolute atomic E-state index is 12.0. The van der Waals surface area contributed by atoms with Crippen LogP contribution in [0.15, 0.2) is 24.3 Å². The van der Waals surface area contributed by atoms with Crippen molar-refractivity contribution in [3.8, 4) is 5.75 Å². The smallest absolute Gasteiger partial charge is 0.234 e. The van der Waals surface area contributed by atoms with Gasteiger partial charge in [0, 0.05) is 58.2 Å². The molecule has 0 unspecified atom stereocenters. The number of anilines is 2. The first-order valence-electron chi connectivity index (χ1n) is 10.3. The SMILES string of the molecule is COCCCNC(=O)CN1CCN(Cn2nc(Nc3cccc(OC)c3)sc2=S)CC1. The summed E-state index contributed by atoms with van der Waals surface area (Å²) in [6.45, 7) is 5.83. The van der Waals surface area contributed by atoms with E-state index in [2.05, 4.69) is 25.5 Å². The van der Waals surface area contributed by atoms with Crippen LogP contribution in [0.4, 0.5) is 10.8 Å². The molecule has 1 amide bonds. The maximum atomic E-state index is 12.0. The Kier molecular flexibility index (Phi) is 9.22. The van der Waals surface area contributed by atoms with Crippen molar-refractivity contribution in [1.82, 2.24) is 24.9 Å². The van der Waals surface area contributed by atoms with Crippen LogP contribution in [0.25, 0.3) is 0 Å². The van der Waals surface area contributed by atoms with Gasteiger partial charge in [0.2, 0.25) is 11.0 Å². The summed E-state index contributed by atoms with van der Waals surface area (Å²) < 4.78 is 12.8. The zero-order valence-electron chi connectivity index (χ0n) is 18.0. The average molecular weight is 467 g/mol. The highest BCUT2D eigenvalue weighted by atomic mass is 32.1. The molecule has 2 heterocycles. The summed E-state index contributed by atoms with van der Waals surface area (Å²) in [5.74, 6) is 0.856. The Morgan fingerprint density at radius 2 is 2.00 bits per heavy atom. The lowest BCUT2D eigenvalue weighted by molar-refractivity contribution is -0.122. The van der Waals surface area contributed by atoms with Gasteiger partial charge in [-0.2, -0.15) is 0 Å². The second-order valence-electron chi connectivity index (χ2n) is 7.26. The first-order valence-corrected chi connectivity index (χ1v) is 11.5. The van der Waals surface area contributed by atoms with Gasteiger partial charge in [-0.15, -0.1) is 5.10 Å². The molecule has 31 heavy (non-hydrogen) atoms. The standard InChI is InChI=1S/C20H30N6O3S2/c1-28-12-4-7-21-18(27)14-24-8-10-25(11-9-24)15-26-20(30)31-19(23-26)22-16-5-3-6-17(13-16)29-2/h3,5-6,13H,4,7-12,14-15H2,1-2H3,(H,21,27)(H,22,23). The molecule has 1 aliphatic rings. The number of aromatic nitrogens is 2. The predicted molar refractivity (Wildman–Crippen MR) is 125 cm³/mol. The maximum Gasteiger partial charge on any atom is 0.234 e. The van der Waals surface area contributed by atoms with Crippen molar-refractivity contribution in [3.05, 3.63) is 28.2 Å². The number of ether oxygens (including phenoxy) is 2. The van der Waals surface area contributed by atoms with E-state index >= 15 is 0 Å². The van der Waals surface area contributed by atoms with Crippen LogP contribution in [0.1, 0.15) is 6.42 Å². The van der Waals surface area contributed by atoms with E-state index in [1.807, 2.05) is 28.9 Å². The van der Waals surface area contributed by atoms with E-state index in [9.17, 15) is 4.79 Å². The van der Waals surface area contributed by atoms with Gasteiger partial charge in [0.15, 0.2) is 3.95 Å². The molecule has 0 aliphatic carbocycles. The Balaban J connectivity index is 1.44. The first kappa shape index (κ1) is 23.6. The van der Waals surface area contributed by atoms with E-state index in [1.54, 1.807) is 14.2 Å². The van der Waals surface area contributed by atoms with Crippen molar-refractivity contribution in [1.29, 1.82) is 0 Å². The third-order valence-corrected chi connectivity index (χ3v) is 6.16. The molecular formula is C20H30N6O3S2. The van der Waals surface area contributed by atoms with Gasteiger partial charge >= 0.3 is 0 Å². The van der Waals surface area contributed by atoms with Crippen LogP contribution in [0.3, 0.4) is 0 Å². The average Bonchev–Trinajstić information content (AvgIpc) is 3.11. The number of nitrogens with zero attached hydrogens (tertiary/aromatic N) is 4.